The van der Waals surface area contributed by atoms with Gasteiger partial charge in [0.1, 0.15) is 0 Å². The Balaban J connectivity index is 1.86. The molecule has 1 N–H and O–H groups in total. The van der Waals surface area contributed by atoms with E-state index in [0.29, 0.717) is 41.9 Å². The standard InChI is InChI=1S/C26H34N2O4/c1-19(15-20-9-6-5-7-10-20)18-28(14-12-22-11-8-13-27-22)26(29)21-16-23(30-2)25(32-4)24(17-21)31-3/h5-7,9-10,15-17,22,27H,8,11-14,18H2,1-4H3. The molecular formula is C26H34N2O4. The molecule has 2 aromatic carbocycles. The SMILES string of the molecule is COc1cc(C(=O)N(CCC2CCCN2)CC(C)=Cc2ccccc2)cc(OC)c1OC. The van der Waals surface area contributed by atoms with Crippen molar-refractivity contribution in [3.63, 3.8) is 0 Å². The minimum Gasteiger partial charge on any atom is -0.493 e. The van der Waals surface area contributed by atoms with E-state index in [1.165, 1.54) is 6.42 Å². The number of hydrogen-bond donors (Lipinski definition) is 1. The minimum absolute atomic E-state index is 0.0527. The van der Waals surface area contributed by atoms with E-state index in [-0.39, 0.29) is 5.91 Å². The Hall–Kier alpha value is -2.99. The van der Waals surface area contributed by atoms with Gasteiger partial charge in [-0.25, -0.2) is 0 Å². The number of carbonyl (C=O) groups is 1. The fourth-order valence-electron chi connectivity index (χ4n) is 4.13. The molecule has 1 fully saturated rings. The van der Waals surface area contributed by atoms with Gasteiger partial charge in [-0.3, -0.25) is 4.79 Å². The Kier molecular flexibility index (Phi) is 8.56. The molecule has 0 saturated carbocycles. The van der Waals surface area contributed by atoms with Crippen molar-refractivity contribution in [2.75, 3.05) is 41.0 Å². The van der Waals surface area contributed by atoms with E-state index in [9.17, 15) is 4.79 Å². The molecule has 1 aliphatic rings. The van der Waals surface area contributed by atoms with Crippen LogP contribution in [-0.4, -0.2) is 57.8 Å². The largest absolute Gasteiger partial charge is 0.493 e. The molecule has 172 valence electrons. The van der Waals surface area contributed by atoms with Gasteiger partial charge in [-0.15, -0.1) is 0 Å². The van der Waals surface area contributed by atoms with Crippen LogP contribution in [0.3, 0.4) is 0 Å². The van der Waals surface area contributed by atoms with Gasteiger partial charge in [-0.2, -0.15) is 0 Å². The highest BCUT2D eigenvalue weighted by molar-refractivity contribution is 5.96. The number of nitrogens with one attached hydrogen (secondary N) is 1. The summed E-state index contributed by atoms with van der Waals surface area (Å²) in [5.41, 5.74) is 2.77. The topological polar surface area (TPSA) is 60.0 Å². The number of benzene rings is 2. The third kappa shape index (κ3) is 6.04. The van der Waals surface area contributed by atoms with Crippen LogP contribution in [0.2, 0.25) is 0 Å². The maximum absolute atomic E-state index is 13.6. The molecule has 1 heterocycles. The normalized spacial score (nSPS) is 16.0. The lowest BCUT2D eigenvalue weighted by Crippen LogP contribution is -2.36. The Morgan fingerprint density at radius 2 is 1.78 bits per heavy atom. The summed E-state index contributed by atoms with van der Waals surface area (Å²) in [6.07, 6.45) is 5.40. The third-order valence-electron chi connectivity index (χ3n) is 5.76. The van der Waals surface area contributed by atoms with Crippen LogP contribution >= 0.6 is 0 Å². The van der Waals surface area contributed by atoms with Gasteiger partial charge in [0.05, 0.1) is 21.3 Å². The van der Waals surface area contributed by atoms with E-state index in [4.69, 9.17) is 14.2 Å². The van der Waals surface area contributed by atoms with E-state index in [2.05, 4.69) is 30.4 Å². The number of methoxy groups -OCH3 is 3. The fourth-order valence-corrected chi connectivity index (χ4v) is 4.13. The maximum Gasteiger partial charge on any atom is 0.254 e. The zero-order valence-electron chi connectivity index (χ0n) is 19.5. The molecule has 32 heavy (non-hydrogen) atoms. The zero-order valence-corrected chi connectivity index (χ0v) is 19.5. The zero-order chi connectivity index (χ0) is 22.9. The highest BCUT2D eigenvalue weighted by Crippen LogP contribution is 2.38. The molecule has 1 saturated heterocycles. The highest BCUT2D eigenvalue weighted by atomic mass is 16.5. The van der Waals surface area contributed by atoms with Gasteiger partial charge in [0.25, 0.3) is 5.91 Å². The quantitative estimate of drug-likeness (QED) is 0.596. The minimum atomic E-state index is -0.0527. The lowest BCUT2D eigenvalue weighted by Gasteiger charge is -2.25. The van der Waals surface area contributed by atoms with Crippen LogP contribution in [0, 0.1) is 0 Å². The van der Waals surface area contributed by atoms with E-state index >= 15 is 0 Å². The number of amides is 1. The van der Waals surface area contributed by atoms with Crippen LogP contribution in [0.1, 0.15) is 42.1 Å². The number of nitrogens with zero attached hydrogens (tertiary/aromatic N) is 1. The van der Waals surface area contributed by atoms with Gasteiger partial charge in [0.2, 0.25) is 5.75 Å². The van der Waals surface area contributed by atoms with E-state index < -0.39 is 0 Å². The van der Waals surface area contributed by atoms with E-state index in [1.54, 1.807) is 33.5 Å². The molecule has 0 bridgehead atoms. The monoisotopic (exact) mass is 438 g/mol. The van der Waals surface area contributed by atoms with Crippen molar-refractivity contribution >= 4 is 12.0 Å². The van der Waals surface area contributed by atoms with Crippen molar-refractivity contribution < 1.29 is 19.0 Å². The molecule has 3 rings (SSSR count). The lowest BCUT2D eigenvalue weighted by molar-refractivity contribution is 0.0764. The Morgan fingerprint density at radius 1 is 1.09 bits per heavy atom. The van der Waals surface area contributed by atoms with Crippen molar-refractivity contribution in [2.45, 2.75) is 32.2 Å². The van der Waals surface area contributed by atoms with Crippen LogP contribution in [0.5, 0.6) is 17.2 Å². The molecule has 6 nitrogen and oxygen atoms in total. The fraction of sp³-hybridized carbons (Fsp3) is 0.423. The average Bonchev–Trinajstić information content (AvgIpc) is 3.34. The summed E-state index contributed by atoms with van der Waals surface area (Å²) in [7, 11) is 4.67. The molecule has 6 heteroatoms. The van der Waals surface area contributed by atoms with Crippen LogP contribution < -0.4 is 19.5 Å². The van der Waals surface area contributed by atoms with Crippen LogP contribution in [0.4, 0.5) is 0 Å². The second-order valence-corrected chi connectivity index (χ2v) is 8.12. The molecule has 1 aliphatic heterocycles. The predicted octanol–water partition coefficient (Wildman–Crippen LogP) is 4.40. The molecule has 1 atom stereocenters. The molecule has 1 unspecified atom stereocenters. The first kappa shape index (κ1) is 23.7. The number of carbonyl (C=O) groups excluding carboxylic acids is 1. The highest BCUT2D eigenvalue weighted by Gasteiger charge is 2.23. The van der Waals surface area contributed by atoms with Gasteiger partial charge >= 0.3 is 0 Å². The summed E-state index contributed by atoms with van der Waals surface area (Å²) in [4.78, 5) is 15.5. The summed E-state index contributed by atoms with van der Waals surface area (Å²) in [5, 5.41) is 3.53. The molecule has 0 radical (unpaired) electrons. The summed E-state index contributed by atoms with van der Waals surface area (Å²) < 4.78 is 16.3. The van der Waals surface area contributed by atoms with Crippen LogP contribution in [0.25, 0.3) is 6.08 Å². The first-order chi connectivity index (χ1) is 15.5. The van der Waals surface area contributed by atoms with Crippen molar-refractivity contribution in [3.05, 3.63) is 59.2 Å². The molecule has 0 aromatic heterocycles. The van der Waals surface area contributed by atoms with Crippen molar-refractivity contribution in [3.8, 4) is 17.2 Å². The Morgan fingerprint density at radius 3 is 2.34 bits per heavy atom. The van der Waals surface area contributed by atoms with Crippen LogP contribution in [0.15, 0.2) is 48.0 Å². The summed E-state index contributed by atoms with van der Waals surface area (Å²) >= 11 is 0. The smallest absolute Gasteiger partial charge is 0.254 e. The predicted molar refractivity (Wildman–Crippen MR) is 128 cm³/mol. The number of rotatable bonds is 10. The Labute approximate surface area is 191 Å². The molecule has 0 spiro atoms. The maximum atomic E-state index is 13.6. The summed E-state index contributed by atoms with van der Waals surface area (Å²) in [5.74, 6) is 1.38. The summed E-state index contributed by atoms with van der Waals surface area (Å²) in [6.45, 7) is 4.35. The lowest BCUT2D eigenvalue weighted by atomic mass is 10.1. The summed E-state index contributed by atoms with van der Waals surface area (Å²) in [6, 6.07) is 14.1. The third-order valence-corrected chi connectivity index (χ3v) is 5.76. The van der Waals surface area contributed by atoms with Crippen molar-refractivity contribution in [2.24, 2.45) is 0 Å². The second-order valence-electron chi connectivity index (χ2n) is 8.12. The molecule has 1 amide bonds. The number of ether oxygens (including phenoxy) is 3. The van der Waals surface area contributed by atoms with E-state index in [1.807, 2.05) is 23.1 Å². The van der Waals surface area contributed by atoms with Gasteiger partial charge in [0.15, 0.2) is 11.5 Å². The molecule has 2 aromatic rings. The van der Waals surface area contributed by atoms with Crippen LogP contribution in [-0.2, 0) is 0 Å². The number of hydrogen-bond acceptors (Lipinski definition) is 5. The van der Waals surface area contributed by atoms with Gasteiger partial charge in [-0.1, -0.05) is 42.0 Å². The molecule has 0 aliphatic carbocycles. The average molecular weight is 439 g/mol. The van der Waals surface area contributed by atoms with E-state index in [0.717, 1.165) is 30.5 Å². The first-order valence-corrected chi connectivity index (χ1v) is 11.1. The Bertz CT molecular complexity index is 896. The molecular weight excluding hydrogens is 404 g/mol. The van der Waals surface area contributed by atoms with Gasteiger partial charge in [-0.05, 0) is 50.4 Å². The van der Waals surface area contributed by atoms with Crippen molar-refractivity contribution in [1.82, 2.24) is 10.2 Å². The first-order valence-electron chi connectivity index (χ1n) is 11.1. The second kappa shape index (κ2) is 11.6. The van der Waals surface area contributed by atoms with Gasteiger partial charge < -0.3 is 24.4 Å². The van der Waals surface area contributed by atoms with Gasteiger partial charge in [0, 0.05) is 24.7 Å². The van der Waals surface area contributed by atoms with Crippen molar-refractivity contribution in [1.29, 1.82) is 0 Å².